The van der Waals surface area contributed by atoms with E-state index in [1.54, 1.807) is 24.3 Å². The van der Waals surface area contributed by atoms with E-state index in [0.29, 0.717) is 0 Å². The molecule has 0 unspecified atom stereocenters. The molecule has 92 valence electrons. The molecule has 2 N–H and O–H groups in total. The molecule has 0 radical (unpaired) electrons. The Balaban J connectivity index is 2.49. The first-order chi connectivity index (χ1) is 8.63. The van der Waals surface area contributed by atoms with E-state index in [2.05, 4.69) is 0 Å². The van der Waals surface area contributed by atoms with Gasteiger partial charge in [0.15, 0.2) is 5.78 Å². The molecule has 2 rings (SSSR count). The standard InChI is InChI=1S/C15H14O3/c1-2-10-7-8-14(17)12(9-10)15(18)11-5-3-4-6-13(11)16/h3-9,16-17H,2H2,1H3. The molecule has 0 spiro atoms. The van der Waals surface area contributed by atoms with Crippen LogP contribution in [-0.4, -0.2) is 16.0 Å². The Morgan fingerprint density at radius 3 is 2.33 bits per heavy atom. The van der Waals surface area contributed by atoms with Crippen LogP contribution in [0.4, 0.5) is 0 Å². The molecule has 0 bridgehead atoms. The molecule has 3 nitrogen and oxygen atoms in total. The fourth-order valence-corrected chi connectivity index (χ4v) is 1.80. The second-order valence-corrected chi connectivity index (χ2v) is 4.05. The molecular weight excluding hydrogens is 228 g/mol. The van der Waals surface area contributed by atoms with E-state index >= 15 is 0 Å². The van der Waals surface area contributed by atoms with Crippen LogP contribution in [0.2, 0.25) is 0 Å². The molecule has 0 saturated heterocycles. The number of hydrogen-bond donors (Lipinski definition) is 2. The van der Waals surface area contributed by atoms with Gasteiger partial charge >= 0.3 is 0 Å². The molecule has 0 aliphatic heterocycles. The third kappa shape index (κ3) is 2.20. The van der Waals surface area contributed by atoms with Crippen LogP contribution < -0.4 is 0 Å². The Morgan fingerprint density at radius 2 is 1.67 bits per heavy atom. The largest absolute Gasteiger partial charge is 0.507 e. The van der Waals surface area contributed by atoms with Crippen molar-refractivity contribution in [3.8, 4) is 11.5 Å². The van der Waals surface area contributed by atoms with Gasteiger partial charge in [-0.15, -0.1) is 0 Å². The molecule has 0 amide bonds. The zero-order valence-corrected chi connectivity index (χ0v) is 10.1. The van der Waals surface area contributed by atoms with Gasteiger partial charge < -0.3 is 10.2 Å². The van der Waals surface area contributed by atoms with Gasteiger partial charge in [-0.1, -0.05) is 25.1 Å². The van der Waals surface area contributed by atoms with Gasteiger partial charge in [-0.3, -0.25) is 4.79 Å². The minimum atomic E-state index is -0.374. The molecule has 2 aromatic carbocycles. The fourth-order valence-electron chi connectivity index (χ4n) is 1.80. The maximum absolute atomic E-state index is 12.2. The predicted molar refractivity (Wildman–Crippen MR) is 69.0 cm³/mol. The van der Waals surface area contributed by atoms with Crippen LogP contribution in [-0.2, 0) is 6.42 Å². The van der Waals surface area contributed by atoms with Gasteiger partial charge in [0.1, 0.15) is 11.5 Å². The quantitative estimate of drug-likeness (QED) is 0.814. The summed E-state index contributed by atoms with van der Waals surface area (Å²) < 4.78 is 0. The fraction of sp³-hybridized carbons (Fsp3) is 0.133. The number of carbonyl (C=O) groups is 1. The molecule has 3 heteroatoms. The summed E-state index contributed by atoms with van der Waals surface area (Å²) in [5.74, 6) is -0.523. The number of benzene rings is 2. The molecule has 0 aliphatic carbocycles. The number of para-hydroxylation sites is 1. The van der Waals surface area contributed by atoms with Crippen LogP contribution in [0.3, 0.4) is 0 Å². The maximum Gasteiger partial charge on any atom is 0.200 e. The van der Waals surface area contributed by atoms with Crippen LogP contribution in [0.25, 0.3) is 0 Å². The summed E-state index contributed by atoms with van der Waals surface area (Å²) in [6.45, 7) is 1.97. The zero-order valence-electron chi connectivity index (χ0n) is 10.1. The topological polar surface area (TPSA) is 57.5 Å². The molecule has 0 fully saturated rings. The first-order valence-corrected chi connectivity index (χ1v) is 5.78. The van der Waals surface area contributed by atoms with Gasteiger partial charge in [0.25, 0.3) is 0 Å². The number of rotatable bonds is 3. The first kappa shape index (κ1) is 12.2. The highest BCUT2D eigenvalue weighted by Crippen LogP contribution is 2.26. The van der Waals surface area contributed by atoms with Gasteiger partial charge in [0, 0.05) is 0 Å². The molecule has 0 heterocycles. The number of aryl methyl sites for hydroxylation is 1. The summed E-state index contributed by atoms with van der Waals surface area (Å²) in [6.07, 6.45) is 0.779. The lowest BCUT2D eigenvalue weighted by molar-refractivity contribution is 0.103. The summed E-state index contributed by atoms with van der Waals surface area (Å²) in [4.78, 5) is 12.2. The van der Waals surface area contributed by atoms with Crippen LogP contribution in [0.5, 0.6) is 11.5 Å². The second kappa shape index (κ2) is 4.92. The lowest BCUT2D eigenvalue weighted by Gasteiger charge is -2.07. The van der Waals surface area contributed by atoms with Crippen molar-refractivity contribution in [2.45, 2.75) is 13.3 Å². The first-order valence-electron chi connectivity index (χ1n) is 5.78. The van der Waals surface area contributed by atoms with E-state index in [1.165, 1.54) is 18.2 Å². The Labute approximate surface area is 105 Å². The second-order valence-electron chi connectivity index (χ2n) is 4.05. The van der Waals surface area contributed by atoms with E-state index in [4.69, 9.17) is 0 Å². The van der Waals surface area contributed by atoms with Gasteiger partial charge in [-0.2, -0.15) is 0 Å². The highest BCUT2D eigenvalue weighted by molar-refractivity contribution is 6.12. The van der Waals surface area contributed by atoms with Crippen molar-refractivity contribution in [3.05, 3.63) is 59.2 Å². The SMILES string of the molecule is CCc1ccc(O)c(C(=O)c2ccccc2O)c1. The number of aromatic hydroxyl groups is 2. The number of hydrogen-bond acceptors (Lipinski definition) is 3. The van der Waals surface area contributed by atoms with Crippen molar-refractivity contribution in [2.75, 3.05) is 0 Å². The molecule has 2 aromatic rings. The van der Waals surface area contributed by atoms with Crippen LogP contribution in [0, 0.1) is 0 Å². The normalized spacial score (nSPS) is 10.3. The Hall–Kier alpha value is -2.29. The molecule has 0 aliphatic rings. The average Bonchev–Trinajstić information content (AvgIpc) is 2.39. The average molecular weight is 242 g/mol. The van der Waals surface area contributed by atoms with E-state index in [9.17, 15) is 15.0 Å². The van der Waals surface area contributed by atoms with Crippen molar-refractivity contribution in [2.24, 2.45) is 0 Å². The molecule has 0 aromatic heterocycles. The lowest BCUT2D eigenvalue weighted by atomic mass is 9.99. The summed E-state index contributed by atoms with van der Waals surface area (Å²) in [5, 5.41) is 19.4. The van der Waals surface area contributed by atoms with Gasteiger partial charge in [0.2, 0.25) is 0 Å². The Kier molecular flexibility index (Phi) is 3.33. The third-order valence-corrected chi connectivity index (χ3v) is 2.86. The Morgan fingerprint density at radius 1 is 1.00 bits per heavy atom. The van der Waals surface area contributed by atoms with Crippen molar-refractivity contribution in [1.29, 1.82) is 0 Å². The number of phenols is 2. The molecule has 18 heavy (non-hydrogen) atoms. The van der Waals surface area contributed by atoms with E-state index < -0.39 is 0 Å². The summed E-state index contributed by atoms with van der Waals surface area (Å²) in [5.41, 5.74) is 1.38. The van der Waals surface area contributed by atoms with Crippen LogP contribution in [0.15, 0.2) is 42.5 Å². The lowest BCUT2D eigenvalue weighted by Crippen LogP contribution is -2.02. The molecular formula is C15H14O3. The van der Waals surface area contributed by atoms with E-state index in [1.807, 2.05) is 6.92 Å². The van der Waals surface area contributed by atoms with Crippen molar-refractivity contribution >= 4 is 5.78 Å². The summed E-state index contributed by atoms with van der Waals surface area (Å²) in [7, 11) is 0. The van der Waals surface area contributed by atoms with Gasteiger partial charge in [-0.05, 0) is 36.2 Å². The number of carbonyl (C=O) groups excluding carboxylic acids is 1. The minimum Gasteiger partial charge on any atom is -0.507 e. The molecule has 0 saturated carbocycles. The number of phenolic OH excluding ortho intramolecular Hbond substituents is 2. The predicted octanol–water partition coefficient (Wildman–Crippen LogP) is 2.89. The monoisotopic (exact) mass is 242 g/mol. The summed E-state index contributed by atoms with van der Waals surface area (Å²) >= 11 is 0. The van der Waals surface area contributed by atoms with E-state index in [0.717, 1.165) is 12.0 Å². The van der Waals surface area contributed by atoms with Gasteiger partial charge in [-0.25, -0.2) is 0 Å². The zero-order chi connectivity index (χ0) is 13.1. The molecule has 0 atom stereocenters. The van der Waals surface area contributed by atoms with Crippen molar-refractivity contribution < 1.29 is 15.0 Å². The van der Waals surface area contributed by atoms with Crippen LogP contribution in [0.1, 0.15) is 28.4 Å². The Bertz CT molecular complexity index is 588. The smallest absolute Gasteiger partial charge is 0.200 e. The van der Waals surface area contributed by atoms with Crippen LogP contribution >= 0.6 is 0 Å². The van der Waals surface area contributed by atoms with E-state index in [-0.39, 0.29) is 28.4 Å². The van der Waals surface area contributed by atoms with Gasteiger partial charge in [0.05, 0.1) is 11.1 Å². The third-order valence-electron chi connectivity index (χ3n) is 2.86. The highest BCUT2D eigenvalue weighted by Gasteiger charge is 2.16. The summed E-state index contributed by atoms with van der Waals surface area (Å²) in [6, 6.07) is 11.2. The maximum atomic E-state index is 12.2. The number of ketones is 1. The van der Waals surface area contributed by atoms with Crippen molar-refractivity contribution in [3.63, 3.8) is 0 Å². The highest BCUT2D eigenvalue weighted by atomic mass is 16.3. The minimum absolute atomic E-state index is 0.0690. The van der Waals surface area contributed by atoms with Crippen molar-refractivity contribution in [1.82, 2.24) is 0 Å².